The lowest BCUT2D eigenvalue weighted by Gasteiger charge is -2.10. The van der Waals surface area contributed by atoms with Crippen LogP contribution < -0.4 is 0 Å². The molecule has 0 aliphatic heterocycles. The maximum atomic E-state index is 9.66. The number of aliphatic hydroxyl groups excluding tert-OH is 1. The van der Waals surface area contributed by atoms with Gasteiger partial charge in [0, 0.05) is 0 Å². The van der Waals surface area contributed by atoms with Crippen molar-refractivity contribution in [2.24, 2.45) is 0 Å². The quantitative estimate of drug-likeness (QED) is 0.489. The molecule has 1 N–H and O–H groups in total. The summed E-state index contributed by atoms with van der Waals surface area (Å²) in [4.78, 5) is 0. The molecule has 1 unspecified atom stereocenters. The van der Waals surface area contributed by atoms with Crippen LogP contribution in [-0.2, 0) is 0 Å². The number of rotatable bonds is 6. The number of hydrogen-bond acceptors (Lipinski definition) is 1. The summed E-state index contributed by atoms with van der Waals surface area (Å²) < 4.78 is 0. The summed E-state index contributed by atoms with van der Waals surface area (Å²) in [5, 5.41) is 9.66. The highest BCUT2D eigenvalue weighted by molar-refractivity contribution is 5.29. The van der Waals surface area contributed by atoms with Gasteiger partial charge in [0.2, 0.25) is 0 Å². The summed E-state index contributed by atoms with van der Waals surface area (Å²) in [6.45, 7) is 12.9. The summed E-state index contributed by atoms with van der Waals surface area (Å²) in [5.41, 5.74) is 1.75. The summed E-state index contributed by atoms with van der Waals surface area (Å²) in [6.07, 6.45) is 6.36. The number of hydrogen-bond donors (Lipinski definition) is 1. The average Bonchev–Trinajstić information content (AvgIpc) is 2.09. The Hall–Kier alpha value is -1.08. The standard InChI is InChI=1S/C12H18O/c1-5-7-8-12(13)11(6-2)9-10(3)4/h5-6,9,12-13H,1-3,7-8H2,4H3/b11-9+. The van der Waals surface area contributed by atoms with Crippen LogP contribution in [0.3, 0.4) is 0 Å². The van der Waals surface area contributed by atoms with Crippen LogP contribution in [0.25, 0.3) is 0 Å². The second-order valence-electron chi connectivity index (χ2n) is 3.08. The van der Waals surface area contributed by atoms with Crippen LogP contribution in [0.1, 0.15) is 19.8 Å². The minimum absolute atomic E-state index is 0.452. The SMILES string of the molecule is C=CCCC(O)/C(C=C)=C/C(=C)C. The van der Waals surface area contributed by atoms with Crippen molar-refractivity contribution >= 4 is 0 Å². The zero-order valence-corrected chi connectivity index (χ0v) is 8.29. The van der Waals surface area contributed by atoms with E-state index in [1.807, 2.05) is 13.0 Å². The Bertz CT molecular complexity index is 223. The molecular formula is C12H18O. The molecule has 1 nitrogen and oxygen atoms in total. The predicted octanol–water partition coefficient (Wildman–Crippen LogP) is 3.00. The molecule has 13 heavy (non-hydrogen) atoms. The Balaban J connectivity index is 4.30. The van der Waals surface area contributed by atoms with E-state index in [0.717, 1.165) is 17.6 Å². The summed E-state index contributed by atoms with van der Waals surface area (Å²) in [6, 6.07) is 0. The zero-order chi connectivity index (χ0) is 10.3. The van der Waals surface area contributed by atoms with Crippen molar-refractivity contribution in [3.05, 3.63) is 49.1 Å². The predicted molar refractivity (Wildman–Crippen MR) is 58.5 cm³/mol. The third kappa shape index (κ3) is 5.21. The Kier molecular flexibility index (Phi) is 5.90. The van der Waals surface area contributed by atoms with Crippen molar-refractivity contribution in [3.63, 3.8) is 0 Å². The summed E-state index contributed by atoms with van der Waals surface area (Å²) in [7, 11) is 0. The smallest absolute Gasteiger partial charge is 0.0792 e. The van der Waals surface area contributed by atoms with E-state index < -0.39 is 6.10 Å². The molecule has 0 saturated carbocycles. The van der Waals surface area contributed by atoms with Crippen LogP contribution in [0.2, 0.25) is 0 Å². The molecule has 0 aromatic rings. The van der Waals surface area contributed by atoms with Gasteiger partial charge in [0.1, 0.15) is 0 Å². The molecule has 0 aromatic carbocycles. The minimum Gasteiger partial charge on any atom is -0.388 e. The van der Waals surface area contributed by atoms with Gasteiger partial charge < -0.3 is 5.11 Å². The van der Waals surface area contributed by atoms with Crippen molar-refractivity contribution < 1.29 is 5.11 Å². The van der Waals surface area contributed by atoms with Crippen molar-refractivity contribution in [2.75, 3.05) is 0 Å². The first-order valence-corrected chi connectivity index (χ1v) is 4.40. The van der Waals surface area contributed by atoms with Crippen molar-refractivity contribution in [1.82, 2.24) is 0 Å². The molecule has 0 radical (unpaired) electrons. The highest BCUT2D eigenvalue weighted by atomic mass is 16.3. The van der Waals surface area contributed by atoms with Crippen LogP contribution in [0.5, 0.6) is 0 Å². The molecule has 72 valence electrons. The Morgan fingerprint density at radius 2 is 2.08 bits per heavy atom. The normalized spacial score (nSPS) is 13.5. The maximum Gasteiger partial charge on any atom is 0.0792 e. The topological polar surface area (TPSA) is 20.2 Å². The average molecular weight is 178 g/mol. The van der Waals surface area contributed by atoms with Gasteiger partial charge in [-0.1, -0.05) is 37.0 Å². The van der Waals surface area contributed by atoms with Crippen LogP contribution in [0, 0.1) is 0 Å². The minimum atomic E-state index is -0.452. The van der Waals surface area contributed by atoms with Gasteiger partial charge in [-0.15, -0.1) is 6.58 Å². The van der Waals surface area contributed by atoms with Gasteiger partial charge in [-0.2, -0.15) is 0 Å². The van der Waals surface area contributed by atoms with E-state index in [1.165, 1.54) is 0 Å². The first-order chi connectivity index (χ1) is 6.11. The molecule has 0 rings (SSSR count). The lowest BCUT2D eigenvalue weighted by molar-refractivity contribution is 0.205. The van der Waals surface area contributed by atoms with E-state index in [4.69, 9.17) is 0 Å². The largest absolute Gasteiger partial charge is 0.388 e. The van der Waals surface area contributed by atoms with Gasteiger partial charge in [0.05, 0.1) is 6.10 Å². The molecule has 0 saturated heterocycles. The van der Waals surface area contributed by atoms with E-state index >= 15 is 0 Å². The molecule has 0 aliphatic rings. The molecule has 0 fully saturated rings. The number of allylic oxidation sites excluding steroid dienone is 3. The Morgan fingerprint density at radius 1 is 1.46 bits per heavy atom. The molecule has 1 atom stereocenters. The lowest BCUT2D eigenvalue weighted by Crippen LogP contribution is -2.08. The fraction of sp³-hybridized carbons (Fsp3) is 0.333. The highest BCUT2D eigenvalue weighted by Crippen LogP contribution is 2.12. The second-order valence-corrected chi connectivity index (χ2v) is 3.08. The van der Waals surface area contributed by atoms with Crippen LogP contribution in [0.4, 0.5) is 0 Å². The highest BCUT2D eigenvalue weighted by Gasteiger charge is 2.05. The van der Waals surface area contributed by atoms with Gasteiger partial charge in [0.15, 0.2) is 0 Å². The third-order valence-electron chi connectivity index (χ3n) is 1.68. The second kappa shape index (κ2) is 6.44. The summed E-state index contributed by atoms with van der Waals surface area (Å²) in [5.74, 6) is 0. The van der Waals surface area contributed by atoms with E-state index in [0.29, 0.717) is 6.42 Å². The van der Waals surface area contributed by atoms with Gasteiger partial charge in [-0.3, -0.25) is 0 Å². The Labute approximate surface area is 80.8 Å². The van der Waals surface area contributed by atoms with Crippen LogP contribution in [0.15, 0.2) is 49.1 Å². The molecule has 0 spiro atoms. The molecule has 1 heteroatoms. The number of aliphatic hydroxyl groups is 1. The molecule has 0 aromatic heterocycles. The van der Waals surface area contributed by atoms with E-state index in [-0.39, 0.29) is 0 Å². The lowest BCUT2D eigenvalue weighted by atomic mass is 10.0. The van der Waals surface area contributed by atoms with E-state index in [1.54, 1.807) is 12.2 Å². The third-order valence-corrected chi connectivity index (χ3v) is 1.68. The maximum absolute atomic E-state index is 9.66. The zero-order valence-electron chi connectivity index (χ0n) is 8.29. The monoisotopic (exact) mass is 178 g/mol. The fourth-order valence-corrected chi connectivity index (χ4v) is 1.02. The molecule has 0 amide bonds. The van der Waals surface area contributed by atoms with Crippen molar-refractivity contribution in [2.45, 2.75) is 25.9 Å². The molecule has 0 heterocycles. The van der Waals surface area contributed by atoms with Gasteiger partial charge in [-0.25, -0.2) is 0 Å². The van der Waals surface area contributed by atoms with Crippen LogP contribution in [-0.4, -0.2) is 11.2 Å². The van der Waals surface area contributed by atoms with Gasteiger partial charge >= 0.3 is 0 Å². The first kappa shape index (κ1) is 11.9. The van der Waals surface area contributed by atoms with Gasteiger partial charge in [-0.05, 0) is 25.3 Å². The van der Waals surface area contributed by atoms with E-state index in [9.17, 15) is 5.11 Å². The Morgan fingerprint density at radius 3 is 2.46 bits per heavy atom. The van der Waals surface area contributed by atoms with Gasteiger partial charge in [0.25, 0.3) is 0 Å². The van der Waals surface area contributed by atoms with Crippen molar-refractivity contribution in [1.29, 1.82) is 0 Å². The molecular weight excluding hydrogens is 160 g/mol. The fourth-order valence-electron chi connectivity index (χ4n) is 1.02. The summed E-state index contributed by atoms with van der Waals surface area (Å²) >= 11 is 0. The first-order valence-electron chi connectivity index (χ1n) is 4.40. The van der Waals surface area contributed by atoms with Crippen LogP contribution >= 0.6 is 0 Å². The van der Waals surface area contributed by atoms with E-state index in [2.05, 4.69) is 19.7 Å². The molecule has 0 bridgehead atoms. The van der Waals surface area contributed by atoms with Crippen molar-refractivity contribution in [3.8, 4) is 0 Å². The molecule has 0 aliphatic carbocycles.